The van der Waals surface area contributed by atoms with Crippen LogP contribution in [0.2, 0.25) is 0 Å². The molecule has 3 nitrogen and oxygen atoms in total. The highest BCUT2D eigenvalue weighted by molar-refractivity contribution is 7.18. The molecule has 106 valence electrons. The Labute approximate surface area is 123 Å². The number of fused-ring (bicyclic) bond motifs is 1. The largest absolute Gasteiger partial charge is 0.350 e. The molecule has 4 heteroatoms. The summed E-state index contributed by atoms with van der Waals surface area (Å²) in [6.07, 6.45) is 7.02. The van der Waals surface area contributed by atoms with Crippen molar-refractivity contribution < 1.29 is 4.79 Å². The molecule has 0 aliphatic heterocycles. The molecule has 1 saturated carbocycles. The summed E-state index contributed by atoms with van der Waals surface area (Å²) in [5.41, 5.74) is 1.02. The highest BCUT2D eigenvalue weighted by Crippen LogP contribution is 2.28. The van der Waals surface area contributed by atoms with Crippen molar-refractivity contribution in [3.63, 3.8) is 0 Å². The van der Waals surface area contributed by atoms with Gasteiger partial charge in [-0.15, -0.1) is 11.3 Å². The molecule has 0 unspecified atom stereocenters. The maximum Gasteiger partial charge on any atom is 0.220 e. The number of thiazole rings is 1. The van der Waals surface area contributed by atoms with E-state index in [9.17, 15) is 4.79 Å². The van der Waals surface area contributed by atoms with Gasteiger partial charge < -0.3 is 5.32 Å². The number of rotatable bonds is 5. The molecular formula is C16H20N2OS. The highest BCUT2D eigenvalue weighted by atomic mass is 32.1. The number of para-hydroxylation sites is 1. The Hall–Kier alpha value is -1.42. The first kappa shape index (κ1) is 13.6. The second-order valence-electron chi connectivity index (χ2n) is 5.54. The third kappa shape index (κ3) is 3.37. The van der Waals surface area contributed by atoms with E-state index in [1.54, 1.807) is 11.3 Å². The van der Waals surface area contributed by atoms with Crippen LogP contribution in [0.25, 0.3) is 10.2 Å². The summed E-state index contributed by atoms with van der Waals surface area (Å²) in [5.74, 6) is 0.944. The van der Waals surface area contributed by atoms with Gasteiger partial charge in [0, 0.05) is 6.42 Å². The molecule has 0 radical (unpaired) electrons. The van der Waals surface area contributed by atoms with E-state index in [0.29, 0.717) is 13.0 Å². The zero-order valence-corrected chi connectivity index (χ0v) is 12.4. The van der Waals surface area contributed by atoms with Crippen LogP contribution in [0.1, 0.15) is 43.5 Å². The normalized spacial score (nSPS) is 15.8. The minimum atomic E-state index is 0.163. The number of hydrogen-bond acceptors (Lipinski definition) is 3. The van der Waals surface area contributed by atoms with Gasteiger partial charge in [0.2, 0.25) is 5.91 Å². The zero-order valence-electron chi connectivity index (χ0n) is 11.6. The monoisotopic (exact) mass is 288 g/mol. The first-order valence-electron chi connectivity index (χ1n) is 7.42. The van der Waals surface area contributed by atoms with Crippen molar-refractivity contribution in [1.29, 1.82) is 0 Å². The van der Waals surface area contributed by atoms with E-state index in [4.69, 9.17) is 0 Å². The Balaban J connectivity index is 1.47. The molecule has 3 rings (SSSR count). The molecular weight excluding hydrogens is 268 g/mol. The molecule has 1 N–H and O–H groups in total. The molecule has 1 aromatic heterocycles. The van der Waals surface area contributed by atoms with Crippen LogP contribution in [0, 0.1) is 5.92 Å². The number of carbonyl (C=O) groups excluding carboxylic acids is 1. The second-order valence-corrected chi connectivity index (χ2v) is 6.66. The Morgan fingerprint density at radius 1 is 1.30 bits per heavy atom. The van der Waals surface area contributed by atoms with Crippen molar-refractivity contribution in [1.82, 2.24) is 10.3 Å². The summed E-state index contributed by atoms with van der Waals surface area (Å²) in [6, 6.07) is 8.09. The lowest BCUT2D eigenvalue weighted by molar-refractivity contribution is -0.121. The zero-order chi connectivity index (χ0) is 13.8. The number of carbonyl (C=O) groups is 1. The van der Waals surface area contributed by atoms with E-state index < -0.39 is 0 Å². The van der Waals surface area contributed by atoms with E-state index in [2.05, 4.69) is 16.4 Å². The van der Waals surface area contributed by atoms with Crippen LogP contribution in [0.3, 0.4) is 0 Å². The molecule has 1 fully saturated rings. The topological polar surface area (TPSA) is 42.0 Å². The van der Waals surface area contributed by atoms with Gasteiger partial charge in [-0.2, -0.15) is 0 Å². The van der Waals surface area contributed by atoms with Crippen molar-refractivity contribution in [3.8, 4) is 0 Å². The molecule has 2 aromatic rings. The highest BCUT2D eigenvalue weighted by Gasteiger charge is 2.16. The van der Waals surface area contributed by atoms with Crippen molar-refractivity contribution in [2.24, 2.45) is 5.92 Å². The lowest BCUT2D eigenvalue weighted by atomic mass is 10.0. The molecule has 0 spiro atoms. The third-order valence-electron chi connectivity index (χ3n) is 4.03. The molecule has 0 bridgehead atoms. The van der Waals surface area contributed by atoms with Crippen LogP contribution in [0.5, 0.6) is 0 Å². The average molecular weight is 288 g/mol. The Kier molecular flexibility index (Phi) is 4.31. The Morgan fingerprint density at radius 2 is 2.10 bits per heavy atom. The smallest absolute Gasteiger partial charge is 0.220 e. The number of aromatic nitrogens is 1. The van der Waals surface area contributed by atoms with E-state index in [1.165, 1.54) is 30.4 Å². The van der Waals surface area contributed by atoms with Gasteiger partial charge in [0.15, 0.2) is 0 Å². The molecule has 1 aliphatic carbocycles. The fraction of sp³-hybridized carbons (Fsp3) is 0.500. The van der Waals surface area contributed by atoms with Gasteiger partial charge in [-0.25, -0.2) is 4.98 Å². The summed E-state index contributed by atoms with van der Waals surface area (Å²) in [6.45, 7) is 0.558. The Bertz CT molecular complexity index is 554. The van der Waals surface area contributed by atoms with Gasteiger partial charge in [0.1, 0.15) is 5.01 Å². The predicted octanol–water partition coefficient (Wildman–Crippen LogP) is 3.88. The molecule has 1 amide bonds. The molecule has 0 saturated heterocycles. The van der Waals surface area contributed by atoms with Crippen LogP contribution >= 0.6 is 11.3 Å². The molecule has 0 atom stereocenters. The van der Waals surface area contributed by atoms with Crippen molar-refractivity contribution >= 4 is 27.5 Å². The number of nitrogens with one attached hydrogen (secondary N) is 1. The SMILES string of the molecule is O=C(CCC1CCCC1)NCc1nc2ccccc2s1. The number of amides is 1. The van der Waals surface area contributed by atoms with Gasteiger partial charge >= 0.3 is 0 Å². The van der Waals surface area contributed by atoms with Crippen LogP contribution < -0.4 is 5.32 Å². The van der Waals surface area contributed by atoms with Crippen LogP contribution in [-0.2, 0) is 11.3 Å². The van der Waals surface area contributed by atoms with Crippen LogP contribution in [0.15, 0.2) is 24.3 Å². The first-order valence-corrected chi connectivity index (χ1v) is 8.24. The quantitative estimate of drug-likeness (QED) is 0.907. The maximum atomic E-state index is 11.9. The lowest BCUT2D eigenvalue weighted by Gasteiger charge is -2.08. The molecule has 1 heterocycles. The lowest BCUT2D eigenvalue weighted by Crippen LogP contribution is -2.22. The Morgan fingerprint density at radius 3 is 2.90 bits per heavy atom. The fourth-order valence-corrected chi connectivity index (χ4v) is 3.80. The summed E-state index contributed by atoms with van der Waals surface area (Å²) in [7, 11) is 0. The van der Waals surface area contributed by atoms with Gasteiger partial charge in [-0.05, 0) is 24.5 Å². The van der Waals surface area contributed by atoms with Gasteiger partial charge in [0.05, 0.1) is 16.8 Å². The molecule has 1 aliphatic rings. The fourth-order valence-electron chi connectivity index (χ4n) is 2.89. The van der Waals surface area contributed by atoms with Gasteiger partial charge in [-0.1, -0.05) is 37.8 Å². The van der Waals surface area contributed by atoms with Crippen molar-refractivity contribution in [3.05, 3.63) is 29.3 Å². The van der Waals surface area contributed by atoms with Gasteiger partial charge in [-0.3, -0.25) is 4.79 Å². The van der Waals surface area contributed by atoms with Crippen molar-refractivity contribution in [2.45, 2.75) is 45.1 Å². The maximum absolute atomic E-state index is 11.9. The summed E-state index contributed by atoms with van der Waals surface area (Å²) in [4.78, 5) is 16.4. The average Bonchev–Trinajstić information content (AvgIpc) is 3.11. The second kappa shape index (κ2) is 6.35. The molecule has 1 aromatic carbocycles. The minimum Gasteiger partial charge on any atom is -0.350 e. The van der Waals surface area contributed by atoms with E-state index in [-0.39, 0.29) is 5.91 Å². The standard InChI is InChI=1S/C16H20N2OS/c19-15(10-9-12-5-1-2-6-12)17-11-16-18-13-7-3-4-8-14(13)20-16/h3-4,7-8,12H,1-2,5-6,9-11H2,(H,17,19). The summed E-state index contributed by atoms with van der Waals surface area (Å²) >= 11 is 1.66. The summed E-state index contributed by atoms with van der Waals surface area (Å²) < 4.78 is 1.18. The van der Waals surface area contributed by atoms with E-state index >= 15 is 0 Å². The van der Waals surface area contributed by atoms with Crippen LogP contribution in [-0.4, -0.2) is 10.9 Å². The van der Waals surface area contributed by atoms with E-state index in [1.807, 2.05) is 18.2 Å². The van der Waals surface area contributed by atoms with E-state index in [0.717, 1.165) is 22.9 Å². The van der Waals surface area contributed by atoms with Crippen LogP contribution in [0.4, 0.5) is 0 Å². The predicted molar refractivity (Wildman–Crippen MR) is 82.7 cm³/mol. The molecule has 20 heavy (non-hydrogen) atoms. The minimum absolute atomic E-state index is 0.163. The number of hydrogen-bond donors (Lipinski definition) is 1. The first-order chi connectivity index (χ1) is 9.81. The summed E-state index contributed by atoms with van der Waals surface area (Å²) in [5, 5.41) is 3.98. The third-order valence-corrected chi connectivity index (χ3v) is 5.07. The van der Waals surface area contributed by atoms with Gasteiger partial charge in [0.25, 0.3) is 0 Å². The van der Waals surface area contributed by atoms with Crippen molar-refractivity contribution in [2.75, 3.05) is 0 Å². The number of nitrogens with zero attached hydrogens (tertiary/aromatic N) is 1. The number of benzene rings is 1.